The molecule has 9 heteroatoms. The van der Waals surface area contributed by atoms with E-state index >= 15 is 0 Å². The van der Waals surface area contributed by atoms with Crippen LogP contribution in [-0.2, 0) is 30.0 Å². The van der Waals surface area contributed by atoms with E-state index in [1.165, 1.54) is 11.3 Å². The SMILES string of the molecule is CNCc1cc(S(=O)(=O)NCCc2ccn(C)n2)c(Br)s1. The van der Waals surface area contributed by atoms with Gasteiger partial charge in [0.05, 0.1) is 9.48 Å². The molecule has 0 aliphatic rings. The van der Waals surface area contributed by atoms with Gasteiger partial charge in [0.2, 0.25) is 10.0 Å². The van der Waals surface area contributed by atoms with Gasteiger partial charge in [-0.3, -0.25) is 4.68 Å². The number of rotatable bonds is 7. The van der Waals surface area contributed by atoms with Crippen molar-refractivity contribution < 1.29 is 8.42 Å². The molecule has 0 radical (unpaired) electrons. The second kappa shape index (κ2) is 7.01. The maximum atomic E-state index is 12.3. The number of nitrogens with one attached hydrogen (secondary N) is 2. The van der Waals surface area contributed by atoms with Crippen LogP contribution in [0.5, 0.6) is 0 Å². The third-order valence-corrected chi connectivity index (χ3v) is 6.50. The summed E-state index contributed by atoms with van der Waals surface area (Å²) in [5.41, 5.74) is 0.862. The van der Waals surface area contributed by atoms with Crippen molar-refractivity contribution in [3.63, 3.8) is 0 Å². The van der Waals surface area contributed by atoms with E-state index in [9.17, 15) is 8.42 Å². The first-order valence-electron chi connectivity index (χ1n) is 6.33. The molecule has 116 valence electrons. The molecular weight excluding hydrogens is 376 g/mol. The molecule has 2 aromatic heterocycles. The Balaban J connectivity index is 2.01. The van der Waals surface area contributed by atoms with Crippen molar-refractivity contribution in [1.82, 2.24) is 19.8 Å². The van der Waals surface area contributed by atoms with E-state index in [0.29, 0.717) is 28.2 Å². The predicted octanol–water partition coefficient (Wildman–Crippen LogP) is 1.48. The summed E-state index contributed by atoms with van der Waals surface area (Å²) in [4.78, 5) is 1.26. The Hall–Kier alpha value is -0.740. The van der Waals surface area contributed by atoms with Gasteiger partial charge in [0.1, 0.15) is 4.90 Å². The standard InChI is InChI=1S/C12H17BrN4O2S2/c1-14-8-10-7-11(12(13)20-10)21(18,19)15-5-3-9-4-6-17(2)16-9/h4,6-7,14-15H,3,5,8H2,1-2H3. The monoisotopic (exact) mass is 392 g/mol. The normalized spacial score (nSPS) is 12.0. The maximum absolute atomic E-state index is 12.3. The molecule has 0 spiro atoms. The van der Waals surface area contributed by atoms with Gasteiger partial charge in [0.25, 0.3) is 0 Å². The zero-order chi connectivity index (χ0) is 15.5. The minimum absolute atomic E-state index is 0.291. The fraction of sp³-hybridized carbons (Fsp3) is 0.417. The Morgan fingerprint density at radius 3 is 2.86 bits per heavy atom. The Bertz CT molecular complexity index is 709. The second-order valence-electron chi connectivity index (χ2n) is 4.51. The summed E-state index contributed by atoms with van der Waals surface area (Å²) in [6.07, 6.45) is 2.40. The first-order valence-corrected chi connectivity index (χ1v) is 9.42. The van der Waals surface area contributed by atoms with Crippen molar-refractivity contribution in [3.8, 4) is 0 Å². The molecule has 2 aromatic rings. The Kier molecular flexibility index (Phi) is 5.55. The Labute approximate surface area is 136 Å². The van der Waals surface area contributed by atoms with Gasteiger partial charge in [-0.15, -0.1) is 11.3 Å². The average Bonchev–Trinajstić information content (AvgIpc) is 2.96. The van der Waals surface area contributed by atoms with Crippen molar-refractivity contribution in [1.29, 1.82) is 0 Å². The lowest BCUT2D eigenvalue weighted by Gasteiger charge is -2.04. The van der Waals surface area contributed by atoms with Crippen LogP contribution in [0.3, 0.4) is 0 Å². The highest BCUT2D eigenvalue weighted by Gasteiger charge is 2.20. The number of thiophene rings is 1. The van der Waals surface area contributed by atoms with Crippen LogP contribution in [0.2, 0.25) is 0 Å². The first-order chi connectivity index (χ1) is 9.92. The number of hydrogen-bond acceptors (Lipinski definition) is 5. The molecule has 2 heterocycles. The van der Waals surface area contributed by atoms with Crippen LogP contribution in [0.15, 0.2) is 27.0 Å². The van der Waals surface area contributed by atoms with Crippen molar-refractivity contribution in [2.75, 3.05) is 13.6 Å². The molecule has 0 bridgehead atoms. The highest BCUT2D eigenvalue weighted by molar-refractivity contribution is 9.11. The minimum atomic E-state index is -3.50. The smallest absolute Gasteiger partial charge is 0.242 e. The number of sulfonamides is 1. The van der Waals surface area contributed by atoms with Gasteiger partial charge in [0.15, 0.2) is 0 Å². The summed E-state index contributed by atoms with van der Waals surface area (Å²) in [7, 11) is 0.158. The zero-order valence-electron chi connectivity index (χ0n) is 11.8. The van der Waals surface area contributed by atoms with Crippen LogP contribution in [0.1, 0.15) is 10.6 Å². The topological polar surface area (TPSA) is 76.0 Å². The summed E-state index contributed by atoms with van der Waals surface area (Å²) in [6.45, 7) is 0.968. The summed E-state index contributed by atoms with van der Waals surface area (Å²) in [5.74, 6) is 0. The second-order valence-corrected chi connectivity index (χ2v) is 8.70. The van der Waals surface area contributed by atoms with Crippen molar-refractivity contribution in [2.45, 2.75) is 17.9 Å². The summed E-state index contributed by atoms with van der Waals surface area (Å²) >= 11 is 4.74. The average molecular weight is 393 g/mol. The minimum Gasteiger partial charge on any atom is -0.315 e. The van der Waals surface area contributed by atoms with Crippen LogP contribution in [0, 0.1) is 0 Å². The summed E-state index contributed by atoms with van der Waals surface area (Å²) < 4.78 is 29.5. The third kappa shape index (κ3) is 4.36. The van der Waals surface area contributed by atoms with E-state index in [0.717, 1.165) is 10.6 Å². The lowest BCUT2D eigenvalue weighted by atomic mass is 10.3. The van der Waals surface area contributed by atoms with E-state index in [2.05, 4.69) is 31.1 Å². The van der Waals surface area contributed by atoms with E-state index < -0.39 is 10.0 Å². The Morgan fingerprint density at radius 1 is 1.48 bits per heavy atom. The fourth-order valence-electron chi connectivity index (χ4n) is 1.83. The number of nitrogens with zero attached hydrogens (tertiary/aromatic N) is 2. The molecular formula is C12H17BrN4O2S2. The van der Waals surface area contributed by atoms with Crippen LogP contribution >= 0.6 is 27.3 Å². The molecule has 2 rings (SSSR count). The number of aromatic nitrogens is 2. The summed E-state index contributed by atoms with van der Waals surface area (Å²) in [6, 6.07) is 3.56. The van der Waals surface area contributed by atoms with Crippen molar-refractivity contribution in [2.24, 2.45) is 7.05 Å². The number of halogens is 1. The van der Waals surface area contributed by atoms with Gasteiger partial charge >= 0.3 is 0 Å². The van der Waals surface area contributed by atoms with Gasteiger partial charge in [-0.05, 0) is 35.1 Å². The first kappa shape index (κ1) is 16.6. The maximum Gasteiger partial charge on any atom is 0.242 e. The highest BCUT2D eigenvalue weighted by atomic mass is 79.9. The van der Waals surface area contributed by atoms with Crippen molar-refractivity contribution >= 4 is 37.3 Å². The van der Waals surface area contributed by atoms with Crippen molar-refractivity contribution in [3.05, 3.63) is 32.7 Å². The third-order valence-electron chi connectivity index (χ3n) is 2.79. The van der Waals surface area contributed by atoms with Crippen LogP contribution in [-0.4, -0.2) is 31.8 Å². The van der Waals surface area contributed by atoms with Crippen LogP contribution < -0.4 is 10.0 Å². The van der Waals surface area contributed by atoms with E-state index in [1.807, 2.05) is 26.4 Å². The van der Waals surface area contributed by atoms with Crippen LogP contribution in [0.25, 0.3) is 0 Å². The predicted molar refractivity (Wildman–Crippen MR) is 86.9 cm³/mol. The molecule has 2 N–H and O–H groups in total. The molecule has 6 nitrogen and oxygen atoms in total. The molecule has 0 unspecified atom stereocenters. The highest BCUT2D eigenvalue weighted by Crippen LogP contribution is 2.31. The molecule has 0 saturated carbocycles. The largest absolute Gasteiger partial charge is 0.315 e. The zero-order valence-corrected chi connectivity index (χ0v) is 15.0. The Morgan fingerprint density at radius 2 is 2.24 bits per heavy atom. The van der Waals surface area contributed by atoms with Gasteiger partial charge < -0.3 is 5.32 Å². The van der Waals surface area contributed by atoms with E-state index in [-0.39, 0.29) is 0 Å². The van der Waals surface area contributed by atoms with Gasteiger partial charge in [-0.25, -0.2) is 13.1 Å². The molecule has 0 saturated heterocycles. The molecule has 0 aromatic carbocycles. The molecule has 0 aliphatic heterocycles. The summed E-state index contributed by atoms with van der Waals surface area (Å²) in [5, 5.41) is 7.22. The lowest BCUT2D eigenvalue weighted by Crippen LogP contribution is -2.26. The number of aryl methyl sites for hydroxylation is 1. The fourth-order valence-corrected chi connectivity index (χ4v) is 5.55. The van der Waals surface area contributed by atoms with Gasteiger partial charge in [-0.1, -0.05) is 0 Å². The van der Waals surface area contributed by atoms with E-state index in [1.54, 1.807) is 10.7 Å². The molecule has 0 fully saturated rings. The van der Waals surface area contributed by atoms with E-state index in [4.69, 9.17) is 0 Å². The quantitative estimate of drug-likeness (QED) is 0.748. The lowest BCUT2D eigenvalue weighted by molar-refractivity contribution is 0.581. The van der Waals surface area contributed by atoms with Gasteiger partial charge in [-0.2, -0.15) is 5.10 Å². The molecule has 0 aliphatic carbocycles. The molecule has 0 amide bonds. The molecule has 21 heavy (non-hydrogen) atoms. The number of hydrogen-bond donors (Lipinski definition) is 2. The van der Waals surface area contributed by atoms with Crippen LogP contribution in [0.4, 0.5) is 0 Å². The molecule has 0 atom stereocenters. The van der Waals surface area contributed by atoms with Gasteiger partial charge in [0, 0.05) is 37.6 Å².